The summed E-state index contributed by atoms with van der Waals surface area (Å²) in [6.07, 6.45) is 6.40. The van der Waals surface area contributed by atoms with Gasteiger partial charge in [0.2, 0.25) is 5.89 Å². The van der Waals surface area contributed by atoms with Gasteiger partial charge in [-0.1, -0.05) is 13.8 Å². The first kappa shape index (κ1) is 17.6. The number of oxazole rings is 1. The summed E-state index contributed by atoms with van der Waals surface area (Å²) in [6, 6.07) is 2.63. The molecule has 1 fully saturated rings. The number of aromatic nitrogens is 3. The van der Waals surface area contributed by atoms with Crippen molar-refractivity contribution in [2.24, 2.45) is 0 Å². The van der Waals surface area contributed by atoms with E-state index in [4.69, 9.17) is 9.68 Å². The molecule has 0 spiro atoms. The monoisotopic (exact) mass is 342 g/mol. The highest BCUT2D eigenvalue weighted by molar-refractivity contribution is 5.21. The van der Waals surface area contributed by atoms with Gasteiger partial charge < -0.3 is 4.42 Å². The van der Waals surface area contributed by atoms with Crippen LogP contribution in [0, 0.1) is 11.3 Å². The molecule has 2 aromatic heterocycles. The molecule has 3 rings (SSSR count). The van der Waals surface area contributed by atoms with Crippen molar-refractivity contribution >= 4 is 0 Å². The summed E-state index contributed by atoms with van der Waals surface area (Å²) in [6.45, 7) is 8.87. The number of likely N-dealkylation sites (N-methyl/N-ethyl adjacent to an activating group) is 1. The third-order valence-electron chi connectivity index (χ3n) is 4.80. The zero-order chi connectivity index (χ0) is 17.8. The number of rotatable bonds is 7. The Kier molecular flexibility index (Phi) is 5.51. The van der Waals surface area contributed by atoms with Crippen molar-refractivity contribution < 1.29 is 4.42 Å². The lowest BCUT2D eigenvalue weighted by Crippen LogP contribution is -2.35. The van der Waals surface area contributed by atoms with E-state index in [1.165, 1.54) is 0 Å². The molecule has 1 aliphatic heterocycles. The summed E-state index contributed by atoms with van der Waals surface area (Å²) in [5, 5.41) is 13.1. The van der Waals surface area contributed by atoms with Gasteiger partial charge in [-0.25, -0.2) is 4.98 Å². The first-order chi connectivity index (χ1) is 12.0. The lowest BCUT2D eigenvalue weighted by atomic mass is 10.2. The lowest BCUT2D eigenvalue weighted by molar-refractivity contribution is 0.203. The molecule has 0 aromatic carbocycles. The fourth-order valence-electron chi connectivity index (χ4n) is 3.17. The van der Waals surface area contributed by atoms with E-state index in [-0.39, 0.29) is 0 Å². The number of nitrogens with zero attached hydrogens (tertiary/aromatic N) is 6. The lowest BCUT2D eigenvalue weighted by Gasteiger charge is -2.23. The van der Waals surface area contributed by atoms with Gasteiger partial charge in [0, 0.05) is 31.2 Å². The van der Waals surface area contributed by atoms with Crippen LogP contribution in [0.3, 0.4) is 0 Å². The molecule has 7 heteroatoms. The largest absolute Gasteiger partial charge is 0.444 e. The van der Waals surface area contributed by atoms with Crippen LogP contribution in [-0.4, -0.2) is 57.3 Å². The summed E-state index contributed by atoms with van der Waals surface area (Å²) in [5.41, 5.74) is 0.616. The molecule has 0 bridgehead atoms. The van der Waals surface area contributed by atoms with Crippen molar-refractivity contribution in [1.82, 2.24) is 24.6 Å². The Hall–Kier alpha value is -2.17. The van der Waals surface area contributed by atoms with E-state index in [0.717, 1.165) is 50.8 Å². The predicted molar refractivity (Wildman–Crippen MR) is 93.8 cm³/mol. The topological polar surface area (TPSA) is 74.1 Å². The molecule has 25 heavy (non-hydrogen) atoms. The Balaban J connectivity index is 1.45. The average Bonchev–Trinajstić information content (AvgIpc) is 3.33. The normalized spacial score (nSPS) is 18.3. The molecule has 3 heterocycles. The molecule has 1 saturated heterocycles. The molecule has 0 unspecified atom stereocenters. The maximum absolute atomic E-state index is 8.85. The van der Waals surface area contributed by atoms with Crippen LogP contribution in [0.25, 0.3) is 0 Å². The summed E-state index contributed by atoms with van der Waals surface area (Å²) in [7, 11) is 2.14. The van der Waals surface area contributed by atoms with Gasteiger partial charge in [0.1, 0.15) is 11.8 Å². The second-order valence-electron chi connectivity index (χ2n) is 7.07. The van der Waals surface area contributed by atoms with E-state index < -0.39 is 0 Å². The van der Waals surface area contributed by atoms with E-state index in [9.17, 15) is 0 Å². The molecule has 0 amide bonds. The van der Waals surface area contributed by atoms with Crippen LogP contribution in [0.1, 0.15) is 43.4 Å². The number of hydrogen-bond donors (Lipinski definition) is 0. The Morgan fingerprint density at radius 1 is 1.40 bits per heavy atom. The number of nitriles is 1. The smallest absolute Gasteiger partial charge is 0.208 e. The summed E-state index contributed by atoms with van der Waals surface area (Å²) < 4.78 is 7.66. The van der Waals surface area contributed by atoms with Crippen molar-refractivity contribution in [3.63, 3.8) is 0 Å². The van der Waals surface area contributed by atoms with Crippen LogP contribution in [0.15, 0.2) is 23.0 Å². The fourth-order valence-corrected chi connectivity index (χ4v) is 3.17. The van der Waals surface area contributed by atoms with Gasteiger partial charge >= 0.3 is 0 Å². The van der Waals surface area contributed by atoms with Gasteiger partial charge in [0.05, 0.1) is 31.0 Å². The van der Waals surface area contributed by atoms with Crippen LogP contribution < -0.4 is 0 Å². The second-order valence-corrected chi connectivity index (χ2v) is 7.07. The molecule has 1 atom stereocenters. The van der Waals surface area contributed by atoms with Crippen LogP contribution >= 0.6 is 0 Å². The Morgan fingerprint density at radius 2 is 2.24 bits per heavy atom. The molecule has 1 aliphatic rings. The quantitative estimate of drug-likeness (QED) is 0.767. The van der Waals surface area contributed by atoms with Gasteiger partial charge in [-0.2, -0.15) is 10.4 Å². The zero-order valence-corrected chi connectivity index (χ0v) is 15.2. The van der Waals surface area contributed by atoms with Crippen molar-refractivity contribution in [2.75, 3.05) is 26.7 Å². The maximum Gasteiger partial charge on any atom is 0.208 e. The van der Waals surface area contributed by atoms with Crippen molar-refractivity contribution in [3.05, 3.63) is 35.8 Å². The fraction of sp³-hybridized carbons (Fsp3) is 0.611. The molecule has 7 nitrogen and oxygen atoms in total. The minimum absolute atomic E-state index is 0.373. The summed E-state index contributed by atoms with van der Waals surface area (Å²) in [4.78, 5) is 9.17. The minimum atomic E-state index is 0.373. The van der Waals surface area contributed by atoms with Gasteiger partial charge in [-0.05, 0) is 20.0 Å². The molecule has 0 N–H and O–H groups in total. The zero-order valence-electron chi connectivity index (χ0n) is 15.2. The van der Waals surface area contributed by atoms with Crippen LogP contribution in [0.5, 0.6) is 0 Å². The summed E-state index contributed by atoms with van der Waals surface area (Å²) in [5.74, 6) is 2.12. The van der Waals surface area contributed by atoms with Crippen LogP contribution in [0.2, 0.25) is 0 Å². The molecule has 134 valence electrons. The first-order valence-corrected chi connectivity index (χ1v) is 8.85. The highest BCUT2D eigenvalue weighted by Gasteiger charge is 2.26. The molecular weight excluding hydrogens is 316 g/mol. The third kappa shape index (κ3) is 4.47. The van der Waals surface area contributed by atoms with E-state index in [2.05, 4.69) is 46.8 Å². The van der Waals surface area contributed by atoms with Crippen LogP contribution in [0.4, 0.5) is 0 Å². The van der Waals surface area contributed by atoms with Crippen molar-refractivity contribution in [1.29, 1.82) is 5.26 Å². The van der Waals surface area contributed by atoms with Crippen molar-refractivity contribution in [3.8, 4) is 6.07 Å². The second kappa shape index (κ2) is 7.81. The highest BCUT2D eigenvalue weighted by atomic mass is 16.4. The SMILES string of the molecule is CC(C)c1cnc(CN(C)[C@H]2CCN(CCn3cc(C#N)cn3)C2)o1. The number of likely N-dealkylation sites (tertiary alicyclic amines) is 1. The van der Waals surface area contributed by atoms with E-state index in [0.29, 0.717) is 17.5 Å². The number of hydrogen-bond acceptors (Lipinski definition) is 6. The van der Waals surface area contributed by atoms with Gasteiger partial charge in [0.15, 0.2) is 0 Å². The van der Waals surface area contributed by atoms with Crippen molar-refractivity contribution in [2.45, 2.75) is 45.3 Å². The van der Waals surface area contributed by atoms with E-state index in [1.807, 2.05) is 10.9 Å². The highest BCUT2D eigenvalue weighted by Crippen LogP contribution is 2.19. The van der Waals surface area contributed by atoms with Gasteiger partial charge in [0.25, 0.3) is 0 Å². The Labute approximate surface area is 148 Å². The van der Waals surface area contributed by atoms with Gasteiger partial charge in [-0.3, -0.25) is 14.5 Å². The summed E-state index contributed by atoms with van der Waals surface area (Å²) >= 11 is 0. The van der Waals surface area contributed by atoms with E-state index in [1.54, 1.807) is 12.4 Å². The molecule has 0 radical (unpaired) electrons. The molecule has 2 aromatic rings. The first-order valence-electron chi connectivity index (χ1n) is 8.85. The molecule has 0 aliphatic carbocycles. The van der Waals surface area contributed by atoms with Gasteiger partial charge in [-0.15, -0.1) is 0 Å². The third-order valence-corrected chi connectivity index (χ3v) is 4.80. The van der Waals surface area contributed by atoms with E-state index >= 15 is 0 Å². The Bertz CT molecular complexity index is 728. The maximum atomic E-state index is 8.85. The Morgan fingerprint density at radius 3 is 2.92 bits per heavy atom. The predicted octanol–water partition coefficient (Wildman–Crippen LogP) is 2.07. The molecular formula is C18H26N6O. The average molecular weight is 342 g/mol. The standard InChI is InChI=1S/C18H26N6O/c1-14(2)17-10-20-18(25-17)13-22(3)16-4-5-23(12-16)6-7-24-11-15(8-19)9-21-24/h9-11,14,16H,4-7,12-13H2,1-3H3/t16-/m0/s1. The molecule has 0 saturated carbocycles. The minimum Gasteiger partial charge on any atom is -0.444 e. The van der Waals surface area contributed by atoms with Crippen LogP contribution in [-0.2, 0) is 13.1 Å².